The van der Waals surface area contributed by atoms with Gasteiger partial charge in [-0.2, -0.15) is 4.31 Å². The summed E-state index contributed by atoms with van der Waals surface area (Å²) < 4.78 is 26.6. The van der Waals surface area contributed by atoms with E-state index in [1.165, 1.54) is 21.0 Å². The summed E-state index contributed by atoms with van der Waals surface area (Å²) in [5.41, 5.74) is 0.487. The van der Waals surface area contributed by atoms with Gasteiger partial charge in [-0.05, 0) is 24.3 Å². The second-order valence-electron chi connectivity index (χ2n) is 5.08. The highest BCUT2D eigenvalue weighted by atomic mass is 35.5. The van der Waals surface area contributed by atoms with Crippen molar-refractivity contribution in [1.82, 2.24) is 4.31 Å². The van der Waals surface area contributed by atoms with Crippen molar-refractivity contribution in [3.05, 3.63) is 21.2 Å². The first-order valence-corrected chi connectivity index (χ1v) is 10.6. The van der Waals surface area contributed by atoms with E-state index in [0.29, 0.717) is 23.1 Å². The maximum Gasteiger partial charge on any atom is 0.323 e. The lowest BCUT2D eigenvalue weighted by molar-refractivity contribution is 0.262. The molecule has 0 saturated carbocycles. The Bertz CT molecular complexity index is 856. The number of sulfonamides is 1. The quantitative estimate of drug-likeness (QED) is 0.721. The Labute approximate surface area is 151 Å². The number of nitrogens with one attached hydrogen (secondary N) is 2. The molecule has 24 heavy (non-hydrogen) atoms. The van der Waals surface area contributed by atoms with Gasteiger partial charge < -0.3 is 15.7 Å². The molecule has 0 spiro atoms. The molecule has 1 fully saturated rings. The third kappa shape index (κ3) is 3.38. The van der Waals surface area contributed by atoms with E-state index in [-0.39, 0.29) is 9.90 Å². The summed E-state index contributed by atoms with van der Waals surface area (Å²) in [5, 5.41) is 18.3. The average molecular weight is 408 g/mol. The molecule has 2 aromatic rings. The van der Waals surface area contributed by atoms with E-state index >= 15 is 0 Å². The summed E-state index contributed by atoms with van der Waals surface area (Å²) in [4.78, 5) is 12.0. The molecular weight excluding hydrogens is 394 g/mol. The molecule has 130 valence electrons. The molecule has 0 atom stereocenters. The van der Waals surface area contributed by atoms with E-state index in [0.717, 1.165) is 24.2 Å². The standard InChI is InChI=1S/C13H14ClN3O4S3/c14-11-8(3-6-22-11)15-13(19)16-9-7-23-12(10(9)18)24(20,21)17-4-1-2-5-17/h3,6-7,18H,1-2,4-5H2,(H2,15,16,19). The number of carbonyl (C=O) groups is 1. The molecule has 0 aromatic carbocycles. The predicted molar refractivity (Wildman–Crippen MR) is 95.9 cm³/mol. The Kier molecular flexibility index (Phi) is 5.02. The van der Waals surface area contributed by atoms with Gasteiger partial charge in [0.1, 0.15) is 4.34 Å². The topological polar surface area (TPSA) is 98.7 Å². The minimum absolute atomic E-state index is 0.0432. The minimum atomic E-state index is -3.73. The number of amides is 2. The Balaban J connectivity index is 1.75. The molecule has 3 heterocycles. The SMILES string of the molecule is O=C(Nc1ccsc1Cl)Nc1csc(S(=O)(=O)N2CCCC2)c1O. The van der Waals surface area contributed by atoms with Crippen molar-refractivity contribution >= 4 is 61.7 Å². The first-order valence-electron chi connectivity index (χ1n) is 7.01. The van der Waals surface area contributed by atoms with Crippen LogP contribution >= 0.6 is 34.3 Å². The average Bonchev–Trinajstić information content (AvgIpc) is 3.24. The van der Waals surface area contributed by atoms with Crippen LogP contribution in [0.5, 0.6) is 5.75 Å². The number of thiophene rings is 2. The number of aromatic hydroxyl groups is 1. The fourth-order valence-electron chi connectivity index (χ4n) is 2.31. The van der Waals surface area contributed by atoms with Gasteiger partial charge in [-0.3, -0.25) is 0 Å². The lowest BCUT2D eigenvalue weighted by Gasteiger charge is -2.14. The van der Waals surface area contributed by atoms with Crippen molar-refractivity contribution in [2.75, 3.05) is 23.7 Å². The van der Waals surface area contributed by atoms with Crippen molar-refractivity contribution in [1.29, 1.82) is 0 Å². The van der Waals surface area contributed by atoms with Crippen LogP contribution in [0.2, 0.25) is 4.34 Å². The van der Waals surface area contributed by atoms with Crippen molar-refractivity contribution < 1.29 is 18.3 Å². The summed E-state index contributed by atoms with van der Waals surface area (Å²) in [6, 6.07) is 1.03. The third-order valence-corrected chi connectivity index (χ3v) is 8.04. The molecule has 0 unspecified atom stereocenters. The van der Waals surface area contributed by atoms with Crippen LogP contribution in [0.15, 0.2) is 21.0 Å². The highest BCUT2D eigenvalue weighted by molar-refractivity contribution is 7.91. The van der Waals surface area contributed by atoms with Crippen molar-refractivity contribution in [3.8, 4) is 5.75 Å². The van der Waals surface area contributed by atoms with Gasteiger partial charge in [-0.15, -0.1) is 22.7 Å². The molecule has 2 aromatic heterocycles. The third-order valence-electron chi connectivity index (χ3n) is 3.49. The van der Waals surface area contributed by atoms with Crippen LogP contribution < -0.4 is 10.6 Å². The second-order valence-corrected chi connectivity index (χ2v) is 9.61. The van der Waals surface area contributed by atoms with Gasteiger partial charge in [0.2, 0.25) is 0 Å². The zero-order valence-electron chi connectivity index (χ0n) is 12.3. The Morgan fingerprint density at radius 1 is 1.21 bits per heavy atom. The van der Waals surface area contributed by atoms with Crippen molar-refractivity contribution in [3.63, 3.8) is 0 Å². The second kappa shape index (κ2) is 6.89. The Morgan fingerprint density at radius 3 is 2.50 bits per heavy atom. The van der Waals surface area contributed by atoms with Crippen LogP contribution in [-0.4, -0.2) is 37.0 Å². The normalized spacial score (nSPS) is 15.5. The number of nitrogens with zero attached hydrogens (tertiary/aromatic N) is 1. The van der Waals surface area contributed by atoms with Crippen LogP contribution in [0, 0.1) is 0 Å². The van der Waals surface area contributed by atoms with Gasteiger partial charge in [-0.1, -0.05) is 11.6 Å². The first kappa shape index (κ1) is 17.5. The molecule has 1 aliphatic heterocycles. The monoisotopic (exact) mass is 407 g/mol. The smallest absolute Gasteiger partial charge is 0.323 e. The van der Waals surface area contributed by atoms with Crippen LogP contribution in [0.25, 0.3) is 0 Å². The van der Waals surface area contributed by atoms with Crippen LogP contribution in [0.1, 0.15) is 12.8 Å². The highest BCUT2D eigenvalue weighted by Gasteiger charge is 2.32. The molecule has 0 aliphatic carbocycles. The largest absolute Gasteiger partial charge is 0.504 e. The maximum absolute atomic E-state index is 12.5. The van der Waals surface area contributed by atoms with E-state index < -0.39 is 21.8 Å². The van der Waals surface area contributed by atoms with Gasteiger partial charge in [0.05, 0.1) is 11.4 Å². The molecular formula is C13H14ClN3O4S3. The van der Waals surface area contributed by atoms with E-state index in [1.54, 1.807) is 11.4 Å². The zero-order chi connectivity index (χ0) is 17.3. The molecule has 7 nitrogen and oxygen atoms in total. The lowest BCUT2D eigenvalue weighted by Crippen LogP contribution is -2.27. The maximum atomic E-state index is 12.5. The van der Waals surface area contributed by atoms with Crippen LogP contribution in [0.4, 0.5) is 16.2 Å². The number of urea groups is 1. The number of halogens is 1. The fraction of sp³-hybridized carbons (Fsp3) is 0.308. The molecule has 1 aliphatic rings. The predicted octanol–water partition coefficient (Wildman–Crippen LogP) is 3.60. The van der Waals surface area contributed by atoms with E-state index in [9.17, 15) is 18.3 Å². The van der Waals surface area contributed by atoms with Crippen LogP contribution in [-0.2, 0) is 10.0 Å². The number of hydrogen-bond donors (Lipinski definition) is 3. The van der Waals surface area contributed by atoms with E-state index in [4.69, 9.17) is 11.6 Å². The number of hydrogen-bond acceptors (Lipinski definition) is 6. The highest BCUT2D eigenvalue weighted by Crippen LogP contribution is 2.40. The Hall–Kier alpha value is -1.33. The lowest BCUT2D eigenvalue weighted by atomic mass is 10.4. The van der Waals surface area contributed by atoms with E-state index in [1.807, 2.05) is 0 Å². The molecule has 11 heteroatoms. The number of anilines is 2. The molecule has 3 rings (SSSR count). The first-order chi connectivity index (χ1) is 11.4. The minimum Gasteiger partial charge on any atom is -0.504 e. The van der Waals surface area contributed by atoms with Gasteiger partial charge in [0, 0.05) is 18.5 Å². The van der Waals surface area contributed by atoms with Gasteiger partial charge in [0.25, 0.3) is 10.0 Å². The summed E-state index contributed by atoms with van der Waals surface area (Å²) in [6.45, 7) is 0.888. The summed E-state index contributed by atoms with van der Waals surface area (Å²) >= 11 is 8.04. The molecule has 0 bridgehead atoms. The van der Waals surface area contributed by atoms with E-state index in [2.05, 4.69) is 10.6 Å². The zero-order valence-corrected chi connectivity index (χ0v) is 15.5. The molecule has 2 amide bonds. The van der Waals surface area contributed by atoms with Crippen molar-refractivity contribution in [2.45, 2.75) is 17.1 Å². The van der Waals surface area contributed by atoms with Crippen molar-refractivity contribution in [2.24, 2.45) is 0 Å². The van der Waals surface area contributed by atoms with Gasteiger partial charge in [0.15, 0.2) is 9.96 Å². The van der Waals surface area contributed by atoms with Gasteiger partial charge in [-0.25, -0.2) is 13.2 Å². The Morgan fingerprint density at radius 2 is 1.88 bits per heavy atom. The summed E-state index contributed by atoms with van der Waals surface area (Å²) in [7, 11) is -3.73. The summed E-state index contributed by atoms with van der Waals surface area (Å²) in [5.74, 6) is -0.446. The molecule has 3 N–H and O–H groups in total. The molecule has 0 radical (unpaired) electrons. The number of carbonyl (C=O) groups excluding carboxylic acids is 1. The number of rotatable bonds is 4. The summed E-state index contributed by atoms with van der Waals surface area (Å²) in [6.07, 6.45) is 1.61. The fourth-order valence-corrected chi connectivity index (χ4v) is 6.03. The molecule has 1 saturated heterocycles. The van der Waals surface area contributed by atoms with Gasteiger partial charge >= 0.3 is 6.03 Å². The van der Waals surface area contributed by atoms with Crippen LogP contribution in [0.3, 0.4) is 0 Å².